The molecule has 0 radical (unpaired) electrons. The third kappa shape index (κ3) is 4.48. The van der Waals surface area contributed by atoms with Crippen LogP contribution in [0.2, 0.25) is 0 Å². The van der Waals surface area contributed by atoms with E-state index in [4.69, 9.17) is 5.26 Å². The van der Waals surface area contributed by atoms with E-state index in [9.17, 15) is 0 Å². The van der Waals surface area contributed by atoms with E-state index in [1.54, 1.807) is 0 Å². The highest BCUT2D eigenvalue weighted by Crippen LogP contribution is 2.10. The fourth-order valence-corrected chi connectivity index (χ4v) is 2.38. The van der Waals surface area contributed by atoms with Crippen molar-refractivity contribution in [2.75, 3.05) is 32.7 Å². The topological polar surface area (TPSA) is 30.3 Å². The van der Waals surface area contributed by atoms with Gasteiger partial charge >= 0.3 is 0 Å². The number of nitriles is 1. The van der Waals surface area contributed by atoms with E-state index in [0.29, 0.717) is 0 Å². The van der Waals surface area contributed by atoms with E-state index in [2.05, 4.69) is 47.9 Å². The normalized spacial score (nSPS) is 16.6. The van der Waals surface area contributed by atoms with Gasteiger partial charge in [-0.3, -0.25) is 9.80 Å². The van der Waals surface area contributed by atoms with Crippen molar-refractivity contribution in [3.63, 3.8) is 0 Å². The average Bonchev–Trinajstić information content (AvgIpc) is 2.47. The number of piperazine rings is 1. The monoisotopic (exact) mass is 269 g/mol. The van der Waals surface area contributed by atoms with Crippen molar-refractivity contribution in [1.29, 1.82) is 5.26 Å². The van der Waals surface area contributed by atoms with Crippen LogP contribution in [-0.2, 0) is 6.54 Å². The molecular formula is C17H23N3. The quantitative estimate of drug-likeness (QED) is 0.787. The van der Waals surface area contributed by atoms with Gasteiger partial charge in [-0.15, -0.1) is 0 Å². The molecule has 106 valence electrons. The van der Waals surface area contributed by atoms with E-state index in [0.717, 1.165) is 44.8 Å². The van der Waals surface area contributed by atoms with E-state index in [1.807, 2.05) is 12.1 Å². The van der Waals surface area contributed by atoms with Gasteiger partial charge in [-0.2, -0.15) is 5.26 Å². The SMILES string of the molecule is CC(C)=CCN1CCN(Cc2ccc(C#N)cc2)CC1. The van der Waals surface area contributed by atoms with Crippen molar-refractivity contribution >= 4 is 0 Å². The van der Waals surface area contributed by atoms with Crippen LogP contribution in [0.15, 0.2) is 35.9 Å². The van der Waals surface area contributed by atoms with Gasteiger partial charge in [0, 0.05) is 39.3 Å². The summed E-state index contributed by atoms with van der Waals surface area (Å²) in [7, 11) is 0. The molecular weight excluding hydrogens is 246 g/mol. The molecule has 1 aromatic carbocycles. The molecule has 1 aliphatic rings. The van der Waals surface area contributed by atoms with Gasteiger partial charge in [0.1, 0.15) is 0 Å². The second kappa shape index (κ2) is 7.23. The number of benzene rings is 1. The minimum Gasteiger partial charge on any atom is -0.297 e. The highest BCUT2D eigenvalue weighted by atomic mass is 15.3. The van der Waals surface area contributed by atoms with Crippen molar-refractivity contribution in [3.8, 4) is 6.07 Å². The molecule has 0 bridgehead atoms. The van der Waals surface area contributed by atoms with Crippen LogP contribution in [-0.4, -0.2) is 42.5 Å². The summed E-state index contributed by atoms with van der Waals surface area (Å²) in [4.78, 5) is 4.99. The zero-order valence-corrected chi connectivity index (χ0v) is 12.5. The molecule has 1 aliphatic heterocycles. The number of rotatable bonds is 4. The molecule has 1 saturated heterocycles. The molecule has 0 amide bonds. The predicted molar refractivity (Wildman–Crippen MR) is 82.3 cm³/mol. The van der Waals surface area contributed by atoms with Crippen LogP contribution in [0.3, 0.4) is 0 Å². The first-order chi connectivity index (χ1) is 9.67. The Hall–Kier alpha value is -1.63. The summed E-state index contributed by atoms with van der Waals surface area (Å²) in [6.45, 7) is 10.9. The minimum absolute atomic E-state index is 0.736. The highest BCUT2D eigenvalue weighted by Gasteiger charge is 2.15. The lowest BCUT2D eigenvalue weighted by molar-refractivity contribution is 0.137. The van der Waals surface area contributed by atoms with Gasteiger partial charge in [0.2, 0.25) is 0 Å². The number of hydrogen-bond acceptors (Lipinski definition) is 3. The molecule has 0 unspecified atom stereocenters. The number of nitrogens with zero attached hydrogens (tertiary/aromatic N) is 3. The summed E-state index contributed by atoms with van der Waals surface area (Å²) in [6.07, 6.45) is 2.30. The van der Waals surface area contributed by atoms with E-state index < -0.39 is 0 Å². The Labute approximate surface area is 122 Å². The molecule has 0 spiro atoms. The Morgan fingerprint density at radius 3 is 2.25 bits per heavy atom. The summed E-state index contributed by atoms with van der Waals surface area (Å²) < 4.78 is 0. The Morgan fingerprint density at radius 1 is 1.10 bits per heavy atom. The fourth-order valence-electron chi connectivity index (χ4n) is 2.38. The van der Waals surface area contributed by atoms with Crippen molar-refractivity contribution in [2.45, 2.75) is 20.4 Å². The summed E-state index contributed by atoms with van der Waals surface area (Å²) in [6, 6.07) is 10.1. The van der Waals surface area contributed by atoms with Crippen LogP contribution in [0.1, 0.15) is 25.0 Å². The summed E-state index contributed by atoms with van der Waals surface area (Å²) in [5.41, 5.74) is 3.42. The maximum absolute atomic E-state index is 8.80. The molecule has 20 heavy (non-hydrogen) atoms. The Balaban J connectivity index is 1.79. The lowest BCUT2D eigenvalue weighted by Crippen LogP contribution is -2.45. The minimum atomic E-state index is 0.736. The molecule has 1 fully saturated rings. The Kier molecular flexibility index (Phi) is 5.34. The molecule has 0 atom stereocenters. The molecule has 3 heteroatoms. The van der Waals surface area contributed by atoms with Crippen LogP contribution in [0.4, 0.5) is 0 Å². The van der Waals surface area contributed by atoms with Crippen molar-refractivity contribution in [1.82, 2.24) is 9.80 Å². The second-order valence-electron chi connectivity index (χ2n) is 5.67. The van der Waals surface area contributed by atoms with Gasteiger partial charge < -0.3 is 0 Å². The smallest absolute Gasteiger partial charge is 0.0991 e. The van der Waals surface area contributed by atoms with Gasteiger partial charge in [-0.05, 0) is 31.5 Å². The molecule has 0 saturated carbocycles. The lowest BCUT2D eigenvalue weighted by atomic mass is 10.1. The molecule has 0 aromatic heterocycles. The standard InChI is InChI=1S/C17H23N3/c1-15(2)7-8-19-9-11-20(12-10-19)14-17-5-3-16(13-18)4-6-17/h3-7H,8-12,14H2,1-2H3. The van der Waals surface area contributed by atoms with Crippen LogP contribution in [0.25, 0.3) is 0 Å². The largest absolute Gasteiger partial charge is 0.297 e. The third-order valence-corrected chi connectivity index (χ3v) is 3.71. The van der Waals surface area contributed by atoms with Crippen LogP contribution in [0.5, 0.6) is 0 Å². The van der Waals surface area contributed by atoms with Gasteiger partial charge in [0.05, 0.1) is 11.6 Å². The fraction of sp³-hybridized carbons (Fsp3) is 0.471. The molecule has 3 nitrogen and oxygen atoms in total. The van der Waals surface area contributed by atoms with Gasteiger partial charge in [-0.25, -0.2) is 0 Å². The van der Waals surface area contributed by atoms with E-state index >= 15 is 0 Å². The molecule has 1 aromatic rings. The summed E-state index contributed by atoms with van der Waals surface area (Å²) in [5, 5.41) is 8.80. The molecule has 0 N–H and O–H groups in total. The second-order valence-corrected chi connectivity index (χ2v) is 5.67. The third-order valence-electron chi connectivity index (χ3n) is 3.71. The van der Waals surface area contributed by atoms with Gasteiger partial charge in [0.15, 0.2) is 0 Å². The molecule has 1 heterocycles. The first kappa shape index (κ1) is 14.8. The maximum atomic E-state index is 8.80. The number of allylic oxidation sites excluding steroid dienone is 1. The number of hydrogen-bond donors (Lipinski definition) is 0. The van der Waals surface area contributed by atoms with Gasteiger partial charge in [0.25, 0.3) is 0 Å². The van der Waals surface area contributed by atoms with Gasteiger partial charge in [-0.1, -0.05) is 23.8 Å². The van der Waals surface area contributed by atoms with E-state index in [-0.39, 0.29) is 0 Å². The van der Waals surface area contributed by atoms with Crippen LogP contribution < -0.4 is 0 Å². The average molecular weight is 269 g/mol. The zero-order chi connectivity index (χ0) is 14.4. The van der Waals surface area contributed by atoms with Crippen LogP contribution >= 0.6 is 0 Å². The first-order valence-corrected chi connectivity index (χ1v) is 7.24. The summed E-state index contributed by atoms with van der Waals surface area (Å²) >= 11 is 0. The van der Waals surface area contributed by atoms with Crippen LogP contribution in [0, 0.1) is 11.3 Å². The Morgan fingerprint density at radius 2 is 1.70 bits per heavy atom. The first-order valence-electron chi connectivity index (χ1n) is 7.24. The van der Waals surface area contributed by atoms with E-state index in [1.165, 1.54) is 11.1 Å². The lowest BCUT2D eigenvalue weighted by Gasteiger charge is -2.34. The highest BCUT2D eigenvalue weighted by molar-refractivity contribution is 5.31. The zero-order valence-electron chi connectivity index (χ0n) is 12.5. The maximum Gasteiger partial charge on any atom is 0.0991 e. The Bertz CT molecular complexity index is 484. The van der Waals surface area contributed by atoms with Crippen molar-refractivity contribution in [2.24, 2.45) is 0 Å². The van der Waals surface area contributed by atoms with Crippen molar-refractivity contribution in [3.05, 3.63) is 47.0 Å². The molecule has 2 rings (SSSR count). The summed E-state index contributed by atoms with van der Waals surface area (Å²) in [5.74, 6) is 0. The molecule has 0 aliphatic carbocycles. The van der Waals surface area contributed by atoms with Crippen molar-refractivity contribution < 1.29 is 0 Å². The predicted octanol–water partition coefficient (Wildman–Crippen LogP) is 2.64.